The Bertz CT molecular complexity index is 1130. The van der Waals surface area contributed by atoms with Gasteiger partial charge in [-0.2, -0.15) is 0 Å². The molecule has 3 aromatic rings. The molecule has 1 N–H and O–H groups in total. The van der Waals surface area contributed by atoms with Crippen LogP contribution < -0.4 is 5.56 Å². The van der Waals surface area contributed by atoms with Crippen molar-refractivity contribution in [2.24, 2.45) is 0 Å². The van der Waals surface area contributed by atoms with Crippen molar-refractivity contribution in [3.63, 3.8) is 0 Å². The number of nitrogens with zero attached hydrogens (tertiary/aromatic N) is 1. The van der Waals surface area contributed by atoms with E-state index in [9.17, 15) is 14.4 Å². The monoisotopic (exact) mass is 432 g/mol. The number of thiophene rings is 2. The fraction of sp³-hybridized carbons (Fsp3) is 0.400. The van der Waals surface area contributed by atoms with Gasteiger partial charge in [0.15, 0.2) is 0 Å². The molecule has 3 heterocycles. The van der Waals surface area contributed by atoms with Gasteiger partial charge >= 0.3 is 11.9 Å². The van der Waals surface area contributed by atoms with Crippen LogP contribution in [0.4, 0.5) is 0 Å². The van der Waals surface area contributed by atoms with E-state index < -0.39 is 11.9 Å². The van der Waals surface area contributed by atoms with E-state index in [1.54, 1.807) is 13.8 Å². The fourth-order valence-corrected chi connectivity index (χ4v) is 5.69. The molecule has 4 rings (SSSR count). The lowest BCUT2D eigenvalue weighted by atomic mass is 9.99. The molecule has 7 nitrogen and oxygen atoms in total. The van der Waals surface area contributed by atoms with Gasteiger partial charge < -0.3 is 14.5 Å². The van der Waals surface area contributed by atoms with Crippen LogP contribution in [-0.4, -0.2) is 28.5 Å². The molecule has 0 saturated heterocycles. The predicted molar refractivity (Wildman–Crippen MR) is 111 cm³/mol. The molecule has 3 aromatic heterocycles. The van der Waals surface area contributed by atoms with E-state index in [1.165, 1.54) is 21.8 Å². The van der Waals surface area contributed by atoms with Crippen molar-refractivity contribution in [3.8, 4) is 0 Å². The summed E-state index contributed by atoms with van der Waals surface area (Å²) in [7, 11) is 0. The highest BCUT2D eigenvalue weighted by Crippen LogP contribution is 2.30. The van der Waals surface area contributed by atoms with Crippen LogP contribution in [-0.2, 0) is 28.9 Å². The highest BCUT2D eigenvalue weighted by atomic mass is 32.1. The van der Waals surface area contributed by atoms with Crippen molar-refractivity contribution in [1.29, 1.82) is 0 Å². The third kappa shape index (κ3) is 3.84. The van der Waals surface area contributed by atoms with E-state index in [-0.39, 0.29) is 24.6 Å². The smallest absolute Gasteiger partial charge is 0.348 e. The largest absolute Gasteiger partial charge is 0.462 e. The van der Waals surface area contributed by atoms with Crippen molar-refractivity contribution in [2.45, 2.75) is 46.1 Å². The molecule has 152 valence electrons. The molecule has 29 heavy (non-hydrogen) atoms. The summed E-state index contributed by atoms with van der Waals surface area (Å²) in [6.07, 6.45) is 4.32. The summed E-state index contributed by atoms with van der Waals surface area (Å²) in [4.78, 5) is 46.6. The zero-order chi connectivity index (χ0) is 20.5. The number of esters is 2. The van der Waals surface area contributed by atoms with Gasteiger partial charge in [0.2, 0.25) is 0 Å². The van der Waals surface area contributed by atoms with Crippen molar-refractivity contribution in [1.82, 2.24) is 9.97 Å². The van der Waals surface area contributed by atoms with E-state index in [1.807, 2.05) is 6.07 Å². The molecule has 0 fully saturated rings. The van der Waals surface area contributed by atoms with Crippen LogP contribution in [0.3, 0.4) is 0 Å². The number of fused-ring (bicyclic) bond motifs is 2. The van der Waals surface area contributed by atoms with Gasteiger partial charge in [-0.05, 0) is 56.7 Å². The second-order valence-electron chi connectivity index (χ2n) is 6.81. The maximum Gasteiger partial charge on any atom is 0.348 e. The van der Waals surface area contributed by atoms with Gasteiger partial charge in [-0.1, -0.05) is 0 Å². The molecular weight excluding hydrogens is 412 g/mol. The zero-order valence-electron chi connectivity index (χ0n) is 16.1. The first-order chi connectivity index (χ1) is 14.0. The molecule has 9 heteroatoms. The molecule has 0 saturated carbocycles. The van der Waals surface area contributed by atoms with Crippen molar-refractivity contribution in [2.75, 3.05) is 6.61 Å². The van der Waals surface area contributed by atoms with E-state index in [0.717, 1.165) is 37.0 Å². The number of aromatic nitrogens is 2. The first-order valence-corrected chi connectivity index (χ1v) is 11.1. The second-order valence-corrected chi connectivity index (χ2v) is 8.95. The van der Waals surface area contributed by atoms with Crippen LogP contribution in [0.15, 0.2) is 10.9 Å². The number of H-pyrrole nitrogens is 1. The van der Waals surface area contributed by atoms with Gasteiger partial charge in [0.05, 0.1) is 12.0 Å². The van der Waals surface area contributed by atoms with Crippen LogP contribution in [0.2, 0.25) is 0 Å². The molecule has 1 aliphatic carbocycles. The number of aryl methyl sites for hydroxylation is 3. The summed E-state index contributed by atoms with van der Waals surface area (Å²) >= 11 is 2.59. The molecule has 0 bridgehead atoms. The van der Waals surface area contributed by atoms with Crippen molar-refractivity contribution >= 4 is 44.8 Å². The van der Waals surface area contributed by atoms with E-state index in [4.69, 9.17) is 9.47 Å². The molecule has 0 amide bonds. The van der Waals surface area contributed by atoms with Gasteiger partial charge in [-0.15, -0.1) is 22.7 Å². The fourth-order valence-electron chi connectivity index (χ4n) is 3.44. The SMILES string of the molecule is CCOC(=O)c1sc2nc(COC(=O)c3cc4c(s3)CCCC4)[nH]c(=O)c2c1C. The van der Waals surface area contributed by atoms with Crippen LogP contribution in [0.25, 0.3) is 10.2 Å². The number of ether oxygens (including phenoxy) is 2. The minimum absolute atomic E-state index is 0.141. The molecule has 0 spiro atoms. The van der Waals surface area contributed by atoms with Gasteiger partial charge in [0.25, 0.3) is 5.56 Å². The summed E-state index contributed by atoms with van der Waals surface area (Å²) < 4.78 is 10.4. The topological polar surface area (TPSA) is 98.3 Å². The normalized spacial score (nSPS) is 13.3. The number of nitrogens with one attached hydrogen (secondary N) is 1. The number of carbonyl (C=O) groups excluding carboxylic acids is 2. The maximum absolute atomic E-state index is 12.5. The minimum Gasteiger partial charge on any atom is -0.462 e. The van der Waals surface area contributed by atoms with Gasteiger partial charge in [-0.25, -0.2) is 14.6 Å². The number of hydrogen-bond acceptors (Lipinski definition) is 8. The highest BCUT2D eigenvalue weighted by molar-refractivity contribution is 7.20. The maximum atomic E-state index is 12.5. The number of carbonyl (C=O) groups is 2. The van der Waals surface area contributed by atoms with E-state index in [2.05, 4.69) is 9.97 Å². The lowest BCUT2D eigenvalue weighted by Crippen LogP contribution is -2.14. The third-order valence-electron chi connectivity index (χ3n) is 4.85. The Morgan fingerprint density at radius 3 is 2.72 bits per heavy atom. The first-order valence-electron chi connectivity index (χ1n) is 9.46. The molecule has 0 radical (unpaired) electrons. The molecule has 0 atom stereocenters. The van der Waals surface area contributed by atoms with Crippen LogP contribution >= 0.6 is 22.7 Å². The Kier molecular flexibility index (Phi) is 5.51. The third-order valence-corrected chi connectivity index (χ3v) is 7.23. The lowest BCUT2D eigenvalue weighted by Gasteiger charge is -2.08. The zero-order valence-corrected chi connectivity index (χ0v) is 17.8. The molecule has 0 unspecified atom stereocenters. The number of hydrogen-bond donors (Lipinski definition) is 1. The molecule has 0 aliphatic heterocycles. The molecular formula is C20H20N2O5S2. The molecule has 0 aromatic carbocycles. The van der Waals surface area contributed by atoms with E-state index in [0.29, 0.717) is 25.5 Å². The summed E-state index contributed by atoms with van der Waals surface area (Å²) in [6.45, 7) is 3.53. The summed E-state index contributed by atoms with van der Waals surface area (Å²) in [5.41, 5.74) is 1.42. The van der Waals surface area contributed by atoms with Gasteiger partial charge in [-0.3, -0.25) is 4.79 Å². The van der Waals surface area contributed by atoms with Crippen LogP contribution in [0.1, 0.15) is 60.9 Å². The van der Waals surface area contributed by atoms with Crippen molar-refractivity contribution in [3.05, 3.63) is 48.0 Å². The van der Waals surface area contributed by atoms with Crippen LogP contribution in [0.5, 0.6) is 0 Å². The highest BCUT2D eigenvalue weighted by Gasteiger charge is 2.21. The molecule has 1 aliphatic rings. The quantitative estimate of drug-likeness (QED) is 0.617. The average molecular weight is 433 g/mol. The number of aromatic amines is 1. The first kappa shape index (κ1) is 19.8. The van der Waals surface area contributed by atoms with Crippen molar-refractivity contribution < 1.29 is 19.1 Å². The van der Waals surface area contributed by atoms with Crippen LogP contribution in [0, 0.1) is 6.92 Å². The Hall–Kier alpha value is -2.52. The average Bonchev–Trinajstić information content (AvgIpc) is 3.28. The Balaban J connectivity index is 1.53. The number of rotatable bonds is 5. The van der Waals surface area contributed by atoms with Gasteiger partial charge in [0.1, 0.15) is 27.0 Å². The second kappa shape index (κ2) is 8.08. The van der Waals surface area contributed by atoms with E-state index >= 15 is 0 Å². The Morgan fingerprint density at radius 2 is 1.97 bits per heavy atom. The minimum atomic E-state index is -0.470. The van der Waals surface area contributed by atoms with Gasteiger partial charge in [0, 0.05) is 4.88 Å². The summed E-state index contributed by atoms with van der Waals surface area (Å²) in [5.74, 6) is -0.641. The Morgan fingerprint density at radius 1 is 1.17 bits per heavy atom. The standard InChI is InChI=1S/C20H20N2O5S2/c1-3-26-20(25)16-10(2)15-17(23)21-14(22-18(15)29-16)9-27-19(24)13-8-11-6-4-5-7-12(11)28-13/h8H,3-7,9H2,1-2H3,(H,21,22,23). The predicted octanol–water partition coefficient (Wildman–Crippen LogP) is 3.77. The summed E-state index contributed by atoms with van der Waals surface area (Å²) in [6, 6.07) is 1.91. The summed E-state index contributed by atoms with van der Waals surface area (Å²) in [5, 5.41) is 0.360. The Labute approximate surface area is 174 Å². The lowest BCUT2D eigenvalue weighted by molar-refractivity contribution is 0.0467.